The minimum Gasteiger partial charge on any atom is -0.490 e. The van der Waals surface area contributed by atoms with Crippen molar-refractivity contribution in [3.63, 3.8) is 0 Å². The van der Waals surface area contributed by atoms with Gasteiger partial charge in [-0.2, -0.15) is 0 Å². The first-order chi connectivity index (χ1) is 7.20. The number of benzene rings is 1. The fourth-order valence-corrected chi connectivity index (χ4v) is 1.58. The zero-order chi connectivity index (χ0) is 11.3. The van der Waals surface area contributed by atoms with Crippen LogP contribution in [-0.4, -0.2) is 13.2 Å². The molecule has 1 rings (SSSR count). The fraction of sp³-hybridized carbons (Fsp3) is 0.500. The average Bonchev–Trinajstić information content (AvgIpc) is 2.21. The molecular weight excluding hydrogens is 193 g/mol. The third-order valence-corrected chi connectivity index (χ3v) is 2.26. The normalized spacial score (nSPS) is 12.5. The van der Waals surface area contributed by atoms with Gasteiger partial charge in [-0.25, -0.2) is 4.39 Å². The van der Waals surface area contributed by atoms with Crippen LogP contribution in [0, 0.1) is 5.82 Å². The molecule has 0 bridgehead atoms. The van der Waals surface area contributed by atoms with Crippen LogP contribution in [0.3, 0.4) is 0 Å². The Bertz CT molecular complexity index is 314. The molecule has 0 amide bonds. The molecule has 0 saturated heterocycles. The molecule has 0 heterocycles. The molecule has 1 atom stereocenters. The van der Waals surface area contributed by atoms with E-state index in [1.54, 1.807) is 6.07 Å². The molecule has 2 nitrogen and oxygen atoms in total. The number of hydrogen-bond donors (Lipinski definition) is 1. The lowest BCUT2D eigenvalue weighted by Gasteiger charge is -2.17. The van der Waals surface area contributed by atoms with E-state index >= 15 is 0 Å². The molecule has 0 aliphatic carbocycles. The molecule has 0 spiro atoms. The molecule has 0 saturated carbocycles. The molecule has 0 fully saturated rings. The highest BCUT2D eigenvalue weighted by molar-refractivity contribution is 5.37. The van der Waals surface area contributed by atoms with Gasteiger partial charge in [-0.3, -0.25) is 0 Å². The maximum absolute atomic E-state index is 13.5. The van der Waals surface area contributed by atoms with Crippen LogP contribution in [0.1, 0.15) is 32.4 Å². The summed E-state index contributed by atoms with van der Waals surface area (Å²) in [5, 5.41) is 3.24. The standard InChI is InChI=1S/C12H18FNO/c1-4-14-9(3)10-7-6-8-11(13)12(10)15-5-2/h6-9,14H,4-5H2,1-3H3. The van der Waals surface area contributed by atoms with Crippen LogP contribution < -0.4 is 10.1 Å². The van der Waals surface area contributed by atoms with E-state index < -0.39 is 0 Å². The van der Waals surface area contributed by atoms with Crippen molar-refractivity contribution in [1.82, 2.24) is 5.32 Å². The lowest BCUT2D eigenvalue weighted by atomic mass is 10.1. The Balaban J connectivity index is 2.99. The lowest BCUT2D eigenvalue weighted by molar-refractivity contribution is 0.314. The third-order valence-electron chi connectivity index (χ3n) is 2.26. The number of ether oxygens (including phenoxy) is 1. The Morgan fingerprint density at radius 1 is 1.40 bits per heavy atom. The van der Waals surface area contributed by atoms with Crippen LogP contribution in [0.5, 0.6) is 5.75 Å². The number of halogens is 1. The molecule has 15 heavy (non-hydrogen) atoms. The second-order valence-corrected chi connectivity index (χ2v) is 3.37. The number of para-hydroxylation sites is 1. The van der Waals surface area contributed by atoms with Crippen molar-refractivity contribution in [1.29, 1.82) is 0 Å². The zero-order valence-corrected chi connectivity index (χ0v) is 9.51. The van der Waals surface area contributed by atoms with Crippen molar-refractivity contribution in [2.45, 2.75) is 26.8 Å². The van der Waals surface area contributed by atoms with E-state index in [1.807, 2.05) is 26.8 Å². The Hall–Kier alpha value is -1.09. The SMILES string of the molecule is CCNC(C)c1cccc(F)c1OCC. The largest absolute Gasteiger partial charge is 0.490 e. The van der Waals surface area contributed by atoms with Gasteiger partial charge in [0.25, 0.3) is 0 Å². The van der Waals surface area contributed by atoms with Gasteiger partial charge in [-0.1, -0.05) is 19.1 Å². The molecule has 0 aromatic heterocycles. The first-order valence-electron chi connectivity index (χ1n) is 5.35. The van der Waals surface area contributed by atoms with Gasteiger partial charge in [0.15, 0.2) is 11.6 Å². The smallest absolute Gasteiger partial charge is 0.165 e. The monoisotopic (exact) mass is 211 g/mol. The summed E-state index contributed by atoms with van der Waals surface area (Å²) >= 11 is 0. The number of hydrogen-bond acceptors (Lipinski definition) is 2. The summed E-state index contributed by atoms with van der Waals surface area (Å²) < 4.78 is 18.8. The van der Waals surface area contributed by atoms with Crippen molar-refractivity contribution >= 4 is 0 Å². The average molecular weight is 211 g/mol. The number of nitrogens with one attached hydrogen (secondary N) is 1. The first-order valence-corrected chi connectivity index (χ1v) is 5.35. The maximum Gasteiger partial charge on any atom is 0.165 e. The molecule has 0 radical (unpaired) electrons. The van der Waals surface area contributed by atoms with Gasteiger partial charge in [0.2, 0.25) is 0 Å². The van der Waals surface area contributed by atoms with Gasteiger partial charge in [0, 0.05) is 11.6 Å². The zero-order valence-electron chi connectivity index (χ0n) is 9.51. The topological polar surface area (TPSA) is 21.3 Å². The molecule has 0 aliphatic rings. The molecule has 0 aliphatic heterocycles. The van der Waals surface area contributed by atoms with Crippen LogP contribution >= 0.6 is 0 Å². The minimum absolute atomic E-state index is 0.104. The minimum atomic E-state index is -0.292. The van der Waals surface area contributed by atoms with Crippen molar-refractivity contribution in [2.75, 3.05) is 13.2 Å². The molecule has 1 unspecified atom stereocenters. The van der Waals surface area contributed by atoms with Crippen LogP contribution in [0.4, 0.5) is 4.39 Å². The van der Waals surface area contributed by atoms with E-state index in [9.17, 15) is 4.39 Å². The van der Waals surface area contributed by atoms with Crippen molar-refractivity contribution in [2.24, 2.45) is 0 Å². The Morgan fingerprint density at radius 3 is 2.73 bits per heavy atom. The van der Waals surface area contributed by atoms with Gasteiger partial charge >= 0.3 is 0 Å². The summed E-state index contributed by atoms with van der Waals surface area (Å²) in [7, 11) is 0. The predicted molar refractivity (Wildman–Crippen MR) is 59.7 cm³/mol. The maximum atomic E-state index is 13.5. The molecular formula is C12H18FNO. The van der Waals surface area contributed by atoms with Crippen LogP contribution in [0.2, 0.25) is 0 Å². The quantitative estimate of drug-likeness (QED) is 0.808. The van der Waals surface area contributed by atoms with Crippen molar-refractivity contribution < 1.29 is 9.13 Å². The van der Waals surface area contributed by atoms with Gasteiger partial charge in [-0.05, 0) is 26.5 Å². The summed E-state index contributed by atoms with van der Waals surface area (Å²) in [5.74, 6) is 0.0764. The van der Waals surface area contributed by atoms with Gasteiger partial charge in [0.05, 0.1) is 6.61 Å². The fourth-order valence-electron chi connectivity index (χ4n) is 1.58. The second-order valence-electron chi connectivity index (χ2n) is 3.37. The Labute approximate surface area is 90.4 Å². The van der Waals surface area contributed by atoms with E-state index in [-0.39, 0.29) is 11.9 Å². The Kier molecular flexibility index (Phi) is 4.56. The van der Waals surface area contributed by atoms with Gasteiger partial charge in [-0.15, -0.1) is 0 Å². The molecule has 84 valence electrons. The highest BCUT2D eigenvalue weighted by Crippen LogP contribution is 2.27. The summed E-state index contributed by atoms with van der Waals surface area (Å²) in [6.45, 7) is 7.21. The van der Waals surface area contributed by atoms with Gasteiger partial charge in [0.1, 0.15) is 0 Å². The first kappa shape index (κ1) is 12.0. The van der Waals surface area contributed by atoms with Crippen molar-refractivity contribution in [3.8, 4) is 5.75 Å². The van der Waals surface area contributed by atoms with Crippen molar-refractivity contribution in [3.05, 3.63) is 29.6 Å². The van der Waals surface area contributed by atoms with Crippen LogP contribution in [0.15, 0.2) is 18.2 Å². The van der Waals surface area contributed by atoms with E-state index in [0.717, 1.165) is 12.1 Å². The van der Waals surface area contributed by atoms with Crippen LogP contribution in [-0.2, 0) is 0 Å². The van der Waals surface area contributed by atoms with E-state index in [0.29, 0.717) is 12.4 Å². The summed E-state index contributed by atoms with van der Waals surface area (Å²) in [6.07, 6.45) is 0. The summed E-state index contributed by atoms with van der Waals surface area (Å²) in [4.78, 5) is 0. The molecule has 1 aromatic carbocycles. The highest BCUT2D eigenvalue weighted by atomic mass is 19.1. The van der Waals surface area contributed by atoms with E-state index in [2.05, 4.69) is 5.32 Å². The molecule has 3 heteroatoms. The van der Waals surface area contributed by atoms with E-state index in [1.165, 1.54) is 6.07 Å². The predicted octanol–water partition coefficient (Wildman–Crippen LogP) is 2.89. The lowest BCUT2D eigenvalue weighted by Crippen LogP contribution is -2.19. The number of rotatable bonds is 5. The summed E-state index contributed by atoms with van der Waals surface area (Å²) in [6, 6.07) is 5.13. The molecule has 1 N–H and O–H groups in total. The highest BCUT2D eigenvalue weighted by Gasteiger charge is 2.14. The van der Waals surface area contributed by atoms with Crippen LogP contribution in [0.25, 0.3) is 0 Å². The Morgan fingerprint density at radius 2 is 2.13 bits per heavy atom. The van der Waals surface area contributed by atoms with Gasteiger partial charge < -0.3 is 10.1 Å². The van der Waals surface area contributed by atoms with E-state index in [4.69, 9.17) is 4.74 Å². The third kappa shape index (κ3) is 2.93. The molecule has 1 aromatic rings. The second kappa shape index (κ2) is 5.71. The summed E-state index contributed by atoms with van der Waals surface area (Å²) in [5.41, 5.74) is 0.874.